The van der Waals surface area contributed by atoms with Crippen LogP contribution in [0.5, 0.6) is 0 Å². The highest BCUT2D eigenvalue weighted by Gasteiger charge is 2.35. The molecule has 0 aliphatic carbocycles. The Labute approximate surface area is 144 Å². The van der Waals surface area contributed by atoms with Crippen LogP contribution >= 0.6 is 0 Å². The number of aromatic nitrogens is 2. The van der Waals surface area contributed by atoms with Gasteiger partial charge in [0.15, 0.2) is 5.82 Å². The maximum Gasteiger partial charge on any atom is 0.248 e. The van der Waals surface area contributed by atoms with Crippen LogP contribution in [0.4, 0.5) is 5.82 Å². The summed E-state index contributed by atoms with van der Waals surface area (Å²) in [6.45, 7) is 9.85. The first-order valence-corrected chi connectivity index (χ1v) is 8.19. The second-order valence-corrected chi connectivity index (χ2v) is 7.10. The van der Waals surface area contributed by atoms with Crippen molar-refractivity contribution < 1.29 is 14.3 Å². The van der Waals surface area contributed by atoms with Crippen LogP contribution in [0.25, 0.3) is 0 Å². The zero-order chi connectivity index (χ0) is 17.9. The van der Waals surface area contributed by atoms with Gasteiger partial charge < -0.3 is 19.3 Å². The minimum atomic E-state index is -0.324. The molecule has 7 nitrogen and oxygen atoms in total. The van der Waals surface area contributed by atoms with Gasteiger partial charge in [0.1, 0.15) is 6.61 Å². The summed E-state index contributed by atoms with van der Waals surface area (Å²) < 4.78 is 11.6. The van der Waals surface area contributed by atoms with E-state index in [2.05, 4.69) is 28.7 Å². The van der Waals surface area contributed by atoms with E-state index in [0.29, 0.717) is 13.2 Å². The Morgan fingerprint density at radius 2 is 2.17 bits per heavy atom. The van der Waals surface area contributed by atoms with Crippen molar-refractivity contribution >= 4 is 11.7 Å². The molecule has 0 bridgehead atoms. The first-order chi connectivity index (χ1) is 11.2. The molecule has 1 aliphatic heterocycles. The second-order valence-electron chi connectivity index (χ2n) is 7.10. The highest BCUT2D eigenvalue weighted by Crippen LogP contribution is 2.26. The smallest absolute Gasteiger partial charge is 0.248 e. The number of aryl methyl sites for hydroxylation is 2. The Balaban J connectivity index is 2.04. The third-order valence-electron chi connectivity index (χ3n) is 3.86. The zero-order valence-corrected chi connectivity index (χ0v) is 15.5. The van der Waals surface area contributed by atoms with Crippen molar-refractivity contribution in [3.05, 3.63) is 17.6 Å². The number of hydrogen-bond donors (Lipinski definition) is 0. The number of ether oxygens (including phenoxy) is 2. The van der Waals surface area contributed by atoms with E-state index < -0.39 is 0 Å². The van der Waals surface area contributed by atoms with Crippen LogP contribution < -0.4 is 4.90 Å². The molecule has 0 N–H and O–H groups in total. The van der Waals surface area contributed by atoms with Crippen molar-refractivity contribution in [1.82, 2.24) is 14.9 Å². The van der Waals surface area contributed by atoms with E-state index in [0.717, 1.165) is 23.8 Å². The molecule has 1 aliphatic rings. The minimum Gasteiger partial charge on any atom is -0.369 e. The average molecular weight is 336 g/mol. The fraction of sp³-hybridized carbons (Fsp3) is 0.706. The lowest BCUT2D eigenvalue weighted by molar-refractivity contribution is -0.139. The van der Waals surface area contributed by atoms with Crippen LogP contribution in [0.2, 0.25) is 0 Å². The second kappa shape index (κ2) is 7.44. The van der Waals surface area contributed by atoms with Gasteiger partial charge in [-0.2, -0.15) is 0 Å². The van der Waals surface area contributed by atoms with Gasteiger partial charge in [0, 0.05) is 33.4 Å². The Morgan fingerprint density at radius 3 is 2.83 bits per heavy atom. The molecule has 1 amide bonds. The largest absolute Gasteiger partial charge is 0.369 e. The Morgan fingerprint density at radius 1 is 1.46 bits per heavy atom. The van der Waals surface area contributed by atoms with Gasteiger partial charge in [0.2, 0.25) is 5.91 Å². The van der Waals surface area contributed by atoms with E-state index in [-0.39, 0.29) is 24.2 Å². The summed E-state index contributed by atoms with van der Waals surface area (Å²) in [5.74, 6) is 0.836. The first kappa shape index (κ1) is 18.6. The van der Waals surface area contributed by atoms with Crippen molar-refractivity contribution in [2.45, 2.75) is 39.4 Å². The number of carbonyl (C=O) groups is 1. The van der Waals surface area contributed by atoms with Crippen molar-refractivity contribution in [1.29, 1.82) is 0 Å². The Hall–Kier alpha value is -1.73. The summed E-state index contributed by atoms with van der Waals surface area (Å²) in [6, 6.07) is 0. The summed E-state index contributed by atoms with van der Waals surface area (Å²) in [4.78, 5) is 24.4. The molecule has 2 rings (SSSR count). The van der Waals surface area contributed by atoms with E-state index in [1.807, 2.05) is 13.8 Å². The summed E-state index contributed by atoms with van der Waals surface area (Å²) >= 11 is 0. The maximum absolute atomic E-state index is 11.6. The number of morpholine rings is 1. The van der Waals surface area contributed by atoms with Crippen LogP contribution in [-0.4, -0.2) is 72.9 Å². The van der Waals surface area contributed by atoms with Crippen molar-refractivity contribution in [3.63, 3.8) is 0 Å². The van der Waals surface area contributed by atoms with Crippen LogP contribution in [0.15, 0.2) is 6.20 Å². The molecule has 7 heteroatoms. The lowest BCUT2D eigenvalue weighted by Gasteiger charge is -2.43. The standard InChI is InChI=1S/C17H28N4O3/c1-12-7-18-13(2)16(19-12)21-8-14(24-17(3,4)11-21)9-23-10-15(22)20(5)6/h7,14H,8-11H2,1-6H3. The van der Waals surface area contributed by atoms with Gasteiger partial charge in [0.25, 0.3) is 0 Å². The van der Waals surface area contributed by atoms with E-state index in [4.69, 9.17) is 9.47 Å². The normalized spacial score (nSPS) is 20.1. The van der Waals surface area contributed by atoms with E-state index in [1.165, 1.54) is 4.90 Å². The van der Waals surface area contributed by atoms with Crippen LogP contribution in [-0.2, 0) is 14.3 Å². The fourth-order valence-corrected chi connectivity index (χ4v) is 2.77. The van der Waals surface area contributed by atoms with Gasteiger partial charge in [-0.1, -0.05) is 0 Å². The fourth-order valence-electron chi connectivity index (χ4n) is 2.77. The van der Waals surface area contributed by atoms with Gasteiger partial charge in [-0.25, -0.2) is 4.98 Å². The molecular formula is C17H28N4O3. The van der Waals surface area contributed by atoms with Crippen molar-refractivity contribution in [2.75, 3.05) is 45.3 Å². The average Bonchev–Trinajstić information content (AvgIpc) is 2.48. The molecule has 24 heavy (non-hydrogen) atoms. The van der Waals surface area contributed by atoms with E-state index in [1.54, 1.807) is 20.3 Å². The molecule has 1 aromatic rings. The summed E-state index contributed by atoms with van der Waals surface area (Å²) in [7, 11) is 3.43. The monoisotopic (exact) mass is 336 g/mol. The highest BCUT2D eigenvalue weighted by atomic mass is 16.5. The van der Waals surface area contributed by atoms with Gasteiger partial charge in [-0.05, 0) is 27.7 Å². The van der Waals surface area contributed by atoms with E-state index in [9.17, 15) is 4.79 Å². The Bertz CT molecular complexity index is 589. The molecule has 0 saturated carbocycles. The zero-order valence-electron chi connectivity index (χ0n) is 15.5. The lowest BCUT2D eigenvalue weighted by Crippen LogP contribution is -2.54. The van der Waals surface area contributed by atoms with Crippen molar-refractivity contribution in [3.8, 4) is 0 Å². The molecule has 1 fully saturated rings. The lowest BCUT2D eigenvalue weighted by atomic mass is 10.1. The number of anilines is 1. The number of rotatable bonds is 5. The summed E-state index contributed by atoms with van der Waals surface area (Å²) in [6.07, 6.45) is 1.66. The molecule has 134 valence electrons. The van der Waals surface area contributed by atoms with Crippen LogP contribution in [0, 0.1) is 13.8 Å². The molecule has 1 unspecified atom stereocenters. The molecule has 1 saturated heterocycles. The molecule has 2 heterocycles. The predicted molar refractivity (Wildman–Crippen MR) is 92.2 cm³/mol. The summed E-state index contributed by atoms with van der Waals surface area (Å²) in [5.41, 5.74) is 1.47. The number of likely N-dealkylation sites (N-methyl/N-ethyl adjacent to an activating group) is 1. The Kier molecular flexibility index (Phi) is 5.77. The molecule has 0 spiro atoms. The van der Waals surface area contributed by atoms with Crippen LogP contribution in [0.1, 0.15) is 25.2 Å². The highest BCUT2D eigenvalue weighted by molar-refractivity contribution is 5.76. The molecule has 0 radical (unpaired) electrons. The number of hydrogen-bond acceptors (Lipinski definition) is 6. The molecule has 1 atom stereocenters. The maximum atomic E-state index is 11.6. The number of amides is 1. The topological polar surface area (TPSA) is 67.8 Å². The number of carbonyl (C=O) groups excluding carboxylic acids is 1. The van der Waals surface area contributed by atoms with Gasteiger partial charge in [0.05, 0.1) is 29.7 Å². The number of nitrogens with zero attached hydrogens (tertiary/aromatic N) is 4. The first-order valence-electron chi connectivity index (χ1n) is 8.19. The third kappa shape index (κ3) is 4.88. The molecular weight excluding hydrogens is 308 g/mol. The minimum absolute atomic E-state index is 0.0534. The quantitative estimate of drug-likeness (QED) is 0.804. The van der Waals surface area contributed by atoms with Gasteiger partial charge in [-0.3, -0.25) is 9.78 Å². The molecule has 1 aromatic heterocycles. The van der Waals surface area contributed by atoms with E-state index >= 15 is 0 Å². The third-order valence-corrected chi connectivity index (χ3v) is 3.86. The predicted octanol–water partition coefficient (Wildman–Crippen LogP) is 1.18. The van der Waals surface area contributed by atoms with Crippen molar-refractivity contribution in [2.24, 2.45) is 0 Å². The SMILES string of the molecule is Cc1cnc(C)c(N2CC(COCC(=O)N(C)C)OC(C)(C)C2)n1. The summed E-state index contributed by atoms with van der Waals surface area (Å²) in [5, 5.41) is 0. The van der Waals surface area contributed by atoms with Gasteiger partial charge >= 0.3 is 0 Å². The molecule has 0 aromatic carbocycles. The van der Waals surface area contributed by atoms with Crippen LogP contribution in [0.3, 0.4) is 0 Å². The van der Waals surface area contributed by atoms with Gasteiger partial charge in [-0.15, -0.1) is 0 Å².